The van der Waals surface area contributed by atoms with Crippen molar-refractivity contribution < 1.29 is 0 Å². The summed E-state index contributed by atoms with van der Waals surface area (Å²) < 4.78 is 0. The highest BCUT2D eigenvalue weighted by Crippen LogP contribution is 2.26. The van der Waals surface area contributed by atoms with Crippen molar-refractivity contribution in [2.24, 2.45) is 5.92 Å². The monoisotopic (exact) mass is 245 g/mol. The van der Waals surface area contributed by atoms with Crippen LogP contribution in [0.5, 0.6) is 0 Å². The Hall–Kier alpha value is -1.09. The third-order valence-corrected chi connectivity index (χ3v) is 4.44. The van der Waals surface area contributed by atoms with Gasteiger partial charge in [0.15, 0.2) is 0 Å². The van der Waals surface area contributed by atoms with Crippen LogP contribution in [0.1, 0.15) is 32.1 Å². The molecule has 0 aromatic carbocycles. The Kier molecular flexibility index (Phi) is 3.79. The molecule has 1 aromatic heterocycles. The number of aromatic nitrogens is 1. The fourth-order valence-electron chi connectivity index (χ4n) is 2.93. The van der Waals surface area contributed by atoms with Crippen molar-refractivity contribution in [3.05, 3.63) is 24.5 Å². The first-order valence-electron chi connectivity index (χ1n) is 7.30. The number of piperidine rings is 1. The molecule has 1 saturated heterocycles. The summed E-state index contributed by atoms with van der Waals surface area (Å²) in [6, 6.07) is 4.97. The second-order valence-electron chi connectivity index (χ2n) is 5.67. The molecule has 0 amide bonds. The molecule has 98 valence electrons. The summed E-state index contributed by atoms with van der Waals surface area (Å²) in [6.45, 7) is 3.60. The van der Waals surface area contributed by atoms with Crippen LogP contribution in [0.15, 0.2) is 24.5 Å². The zero-order valence-corrected chi connectivity index (χ0v) is 11.0. The van der Waals surface area contributed by atoms with E-state index in [0.29, 0.717) is 0 Å². The smallest absolute Gasteiger partial charge is 0.0397 e. The number of nitrogens with one attached hydrogen (secondary N) is 1. The molecule has 1 aliphatic carbocycles. The predicted octanol–water partition coefficient (Wildman–Crippen LogP) is 2.44. The Labute approximate surface area is 110 Å². The van der Waals surface area contributed by atoms with Crippen LogP contribution in [-0.4, -0.2) is 30.7 Å². The molecule has 0 spiro atoms. The lowest BCUT2D eigenvalue weighted by Crippen LogP contribution is -2.44. The van der Waals surface area contributed by atoms with Gasteiger partial charge in [-0.05, 0) is 50.3 Å². The summed E-state index contributed by atoms with van der Waals surface area (Å²) in [4.78, 5) is 6.56. The standard InChI is InChI=1S/C15H23N3/c1-2-13(3-1)12-17-14-6-10-18(11-7-14)15-4-8-16-9-5-15/h4-5,8-9,13-14,17H,1-3,6-7,10-12H2. The number of hydrogen-bond acceptors (Lipinski definition) is 3. The highest BCUT2D eigenvalue weighted by Gasteiger charge is 2.22. The number of rotatable bonds is 4. The second kappa shape index (κ2) is 5.70. The van der Waals surface area contributed by atoms with Gasteiger partial charge in [0.05, 0.1) is 0 Å². The van der Waals surface area contributed by atoms with Crippen LogP contribution in [0, 0.1) is 5.92 Å². The van der Waals surface area contributed by atoms with Crippen molar-refractivity contribution in [3.63, 3.8) is 0 Å². The van der Waals surface area contributed by atoms with Gasteiger partial charge in [0.25, 0.3) is 0 Å². The molecule has 0 atom stereocenters. The zero-order valence-electron chi connectivity index (χ0n) is 11.0. The first-order chi connectivity index (χ1) is 8.92. The summed E-state index contributed by atoms with van der Waals surface area (Å²) in [5, 5.41) is 3.76. The van der Waals surface area contributed by atoms with Crippen LogP contribution in [0.2, 0.25) is 0 Å². The van der Waals surface area contributed by atoms with Gasteiger partial charge in [-0.25, -0.2) is 0 Å². The van der Waals surface area contributed by atoms with Crippen molar-refractivity contribution in [1.29, 1.82) is 0 Å². The minimum absolute atomic E-state index is 0.740. The van der Waals surface area contributed by atoms with E-state index in [2.05, 4.69) is 27.3 Å². The van der Waals surface area contributed by atoms with Gasteiger partial charge in [-0.3, -0.25) is 4.98 Å². The Morgan fingerprint density at radius 3 is 2.44 bits per heavy atom. The van der Waals surface area contributed by atoms with E-state index >= 15 is 0 Å². The van der Waals surface area contributed by atoms with Crippen LogP contribution in [-0.2, 0) is 0 Å². The van der Waals surface area contributed by atoms with Gasteiger partial charge in [0.1, 0.15) is 0 Å². The van der Waals surface area contributed by atoms with Crippen LogP contribution >= 0.6 is 0 Å². The maximum absolute atomic E-state index is 4.08. The van der Waals surface area contributed by atoms with Gasteiger partial charge in [-0.1, -0.05) is 6.42 Å². The van der Waals surface area contributed by atoms with E-state index in [4.69, 9.17) is 0 Å². The lowest BCUT2D eigenvalue weighted by molar-refractivity contribution is 0.278. The number of pyridine rings is 1. The summed E-state index contributed by atoms with van der Waals surface area (Å²) in [6.07, 6.45) is 10.7. The van der Waals surface area contributed by atoms with Gasteiger partial charge >= 0.3 is 0 Å². The van der Waals surface area contributed by atoms with Gasteiger partial charge < -0.3 is 10.2 Å². The summed E-state index contributed by atoms with van der Waals surface area (Å²) in [5.41, 5.74) is 1.32. The highest BCUT2D eigenvalue weighted by molar-refractivity contribution is 5.44. The predicted molar refractivity (Wildman–Crippen MR) is 74.8 cm³/mol. The maximum atomic E-state index is 4.08. The molecular formula is C15H23N3. The highest BCUT2D eigenvalue weighted by atomic mass is 15.1. The van der Waals surface area contributed by atoms with E-state index in [-0.39, 0.29) is 0 Å². The van der Waals surface area contributed by atoms with Crippen LogP contribution < -0.4 is 10.2 Å². The normalized spacial score (nSPS) is 21.9. The summed E-state index contributed by atoms with van der Waals surface area (Å²) in [5.74, 6) is 0.975. The molecule has 18 heavy (non-hydrogen) atoms. The maximum Gasteiger partial charge on any atom is 0.0397 e. The molecular weight excluding hydrogens is 222 g/mol. The molecule has 3 heteroatoms. The van der Waals surface area contributed by atoms with Crippen LogP contribution in [0.3, 0.4) is 0 Å². The van der Waals surface area contributed by atoms with Crippen molar-refractivity contribution in [2.75, 3.05) is 24.5 Å². The molecule has 1 aliphatic heterocycles. The molecule has 0 unspecified atom stereocenters. The van der Waals surface area contributed by atoms with Crippen molar-refractivity contribution in [3.8, 4) is 0 Å². The first-order valence-corrected chi connectivity index (χ1v) is 7.30. The minimum Gasteiger partial charge on any atom is -0.371 e. The van der Waals surface area contributed by atoms with E-state index in [1.165, 1.54) is 57.4 Å². The van der Waals surface area contributed by atoms with E-state index in [1.807, 2.05) is 12.4 Å². The third kappa shape index (κ3) is 2.83. The number of hydrogen-bond donors (Lipinski definition) is 1. The summed E-state index contributed by atoms with van der Waals surface area (Å²) in [7, 11) is 0. The topological polar surface area (TPSA) is 28.2 Å². The van der Waals surface area contributed by atoms with Gasteiger partial charge in [0.2, 0.25) is 0 Å². The molecule has 3 nitrogen and oxygen atoms in total. The second-order valence-corrected chi connectivity index (χ2v) is 5.67. The Morgan fingerprint density at radius 2 is 1.83 bits per heavy atom. The molecule has 1 N–H and O–H groups in total. The van der Waals surface area contributed by atoms with Gasteiger partial charge in [-0.15, -0.1) is 0 Å². The largest absolute Gasteiger partial charge is 0.371 e. The van der Waals surface area contributed by atoms with Crippen molar-refractivity contribution in [1.82, 2.24) is 10.3 Å². The van der Waals surface area contributed by atoms with Crippen molar-refractivity contribution in [2.45, 2.75) is 38.1 Å². The Bertz CT molecular complexity index is 353. The Balaban J connectivity index is 1.43. The van der Waals surface area contributed by atoms with Crippen LogP contribution in [0.4, 0.5) is 5.69 Å². The molecule has 2 fully saturated rings. The van der Waals surface area contributed by atoms with Crippen LogP contribution in [0.25, 0.3) is 0 Å². The average molecular weight is 245 g/mol. The Morgan fingerprint density at radius 1 is 1.11 bits per heavy atom. The molecule has 3 rings (SSSR count). The van der Waals surface area contributed by atoms with Gasteiger partial charge in [-0.2, -0.15) is 0 Å². The lowest BCUT2D eigenvalue weighted by atomic mass is 9.85. The third-order valence-electron chi connectivity index (χ3n) is 4.44. The number of anilines is 1. The first kappa shape index (κ1) is 12.0. The lowest BCUT2D eigenvalue weighted by Gasteiger charge is -2.35. The molecule has 2 aliphatic rings. The molecule has 0 bridgehead atoms. The van der Waals surface area contributed by atoms with Crippen molar-refractivity contribution >= 4 is 5.69 Å². The molecule has 1 aromatic rings. The van der Waals surface area contributed by atoms with E-state index in [0.717, 1.165) is 12.0 Å². The van der Waals surface area contributed by atoms with Gasteiger partial charge in [0, 0.05) is 37.2 Å². The molecule has 0 radical (unpaired) electrons. The quantitative estimate of drug-likeness (QED) is 0.883. The van der Waals surface area contributed by atoms with E-state index in [1.54, 1.807) is 0 Å². The minimum atomic E-state index is 0.740. The SMILES string of the molecule is c1cc(N2CCC(NCC3CCC3)CC2)ccn1. The average Bonchev–Trinajstić information content (AvgIpc) is 2.39. The van der Waals surface area contributed by atoms with E-state index < -0.39 is 0 Å². The molecule has 2 heterocycles. The fourth-order valence-corrected chi connectivity index (χ4v) is 2.93. The zero-order chi connectivity index (χ0) is 12.2. The molecule has 1 saturated carbocycles. The fraction of sp³-hybridized carbons (Fsp3) is 0.667. The van der Waals surface area contributed by atoms with E-state index in [9.17, 15) is 0 Å². The number of nitrogens with zero attached hydrogens (tertiary/aromatic N) is 2. The summed E-state index contributed by atoms with van der Waals surface area (Å²) >= 11 is 0.